The van der Waals surface area contributed by atoms with Gasteiger partial charge >= 0.3 is 0 Å². The summed E-state index contributed by atoms with van der Waals surface area (Å²) in [5, 5.41) is 0.674. The van der Waals surface area contributed by atoms with Crippen LogP contribution < -0.4 is 0 Å². The Hall–Kier alpha value is -0.282. The Bertz CT molecular complexity index is 735. The topological polar surface area (TPSA) is 26.3 Å². The molecular weight excluding hydrogens is 433 g/mol. The van der Waals surface area contributed by atoms with Crippen LogP contribution in [0.4, 0.5) is 0 Å². The first-order valence-corrected chi connectivity index (χ1v) is 26.1. The molecule has 6 heteroatoms. The molecule has 0 saturated heterocycles. The van der Waals surface area contributed by atoms with Gasteiger partial charge in [0, 0.05) is 26.8 Å². The average molecular weight is 479 g/mol. The predicted molar refractivity (Wildman–Crippen MR) is 142 cm³/mol. The lowest BCUT2D eigenvalue weighted by Crippen LogP contribution is -2.85. The minimum Gasteiger partial charge on any atom is -0.417 e. The molecular formula is C24H46O2Si4. The molecule has 2 nitrogen and oxygen atoms in total. The van der Waals surface area contributed by atoms with Crippen LogP contribution in [0.1, 0.15) is 38.7 Å². The Kier molecular flexibility index (Phi) is 7.14. The summed E-state index contributed by atoms with van der Waals surface area (Å²) in [5.74, 6) is 0.637. The molecule has 1 aromatic carbocycles. The highest BCUT2D eigenvalue weighted by atomic mass is 29.6. The van der Waals surface area contributed by atoms with E-state index in [1.165, 1.54) is 5.56 Å². The Labute approximate surface area is 189 Å². The third-order valence-corrected chi connectivity index (χ3v) is 46.3. The molecule has 3 atom stereocenters. The van der Waals surface area contributed by atoms with Gasteiger partial charge in [-0.05, 0) is 43.0 Å². The van der Waals surface area contributed by atoms with Crippen molar-refractivity contribution in [1.29, 1.82) is 0 Å². The fourth-order valence-electron chi connectivity index (χ4n) is 5.89. The molecule has 30 heavy (non-hydrogen) atoms. The second-order valence-electron chi connectivity index (χ2n) is 13.5. The SMILES string of the molecule is CC(C)(C)C(O[Si](C)(C)C)[Si](C(=O)[C@@H]1C[C@H]1c1ccccc1)([Si](C)(C)C)[Si](C)(C)C. The van der Waals surface area contributed by atoms with E-state index < -0.39 is 30.6 Å². The average Bonchev–Trinajstić information content (AvgIpc) is 3.31. The summed E-state index contributed by atoms with van der Waals surface area (Å²) < 4.78 is 7.11. The molecule has 1 saturated carbocycles. The summed E-state index contributed by atoms with van der Waals surface area (Å²) >= 11 is 0. The third kappa shape index (κ3) is 5.03. The van der Waals surface area contributed by atoms with Crippen molar-refractivity contribution >= 4 is 36.0 Å². The molecule has 1 aromatic rings. The zero-order chi connectivity index (χ0) is 23.3. The Morgan fingerprint density at radius 3 is 1.73 bits per heavy atom. The number of hydrogen-bond acceptors (Lipinski definition) is 2. The van der Waals surface area contributed by atoms with Gasteiger partial charge in [-0.1, -0.05) is 90.4 Å². The van der Waals surface area contributed by atoms with Gasteiger partial charge in [-0.15, -0.1) is 0 Å². The molecule has 0 heterocycles. The van der Waals surface area contributed by atoms with Gasteiger partial charge in [-0.2, -0.15) is 0 Å². The van der Waals surface area contributed by atoms with E-state index in [1.807, 2.05) is 0 Å². The largest absolute Gasteiger partial charge is 0.417 e. The Morgan fingerprint density at radius 1 is 0.900 bits per heavy atom. The van der Waals surface area contributed by atoms with E-state index in [4.69, 9.17) is 4.43 Å². The van der Waals surface area contributed by atoms with Gasteiger partial charge in [-0.25, -0.2) is 0 Å². The highest BCUT2D eigenvalue weighted by Gasteiger charge is 2.70. The lowest BCUT2D eigenvalue weighted by molar-refractivity contribution is -0.114. The summed E-state index contributed by atoms with van der Waals surface area (Å²) in [7, 11) is -7.84. The van der Waals surface area contributed by atoms with Crippen LogP contribution in [0.25, 0.3) is 0 Å². The molecule has 1 aliphatic rings. The molecule has 1 aliphatic carbocycles. The molecule has 1 unspecified atom stereocenters. The zero-order valence-corrected chi connectivity index (χ0v) is 25.6. The van der Waals surface area contributed by atoms with Crippen molar-refractivity contribution in [3.8, 4) is 0 Å². The second kappa shape index (κ2) is 8.25. The summed E-state index contributed by atoms with van der Waals surface area (Å²) in [4.78, 5) is 14.7. The molecule has 0 aromatic heterocycles. The standard InChI is InChI=1S/C24H46O2Si4/c1-24(2,3)23(26-27(4,5)6)30(28(7,8)9,29(10,11)12)22(25)21-18-20(21)19-16-14-13-15-17-19/h13-17,20-21,23H,18H2,1-12H3/t20-,21+,23?/m0/s1. The molecule has 0 bridgehead atoms. The molecule has 1 fully saturated rings. The van der Waals surface area contributed by atoms with Crippen LogP contribution in [0.5, 0.6) is 0 Å². The molecule has 0 N–H and O–H groups in total. The van der Waals surface area contributed by atoms with Crippen LogP contribution in [0.15, 0.2) is 30.3 Å². The fourth-order valence-corrected chi connectivity index (χ4v) is 57.4. The first-order valence-electron chi connectivity index (χ1n) is 11.6. The highest BCUT2D eigenvalue weighted by Crippen LogP contribution is 2.53. The van der Waals surface area contributed by atoms with E-state index in [1.54, 1.807) is 0 Å². The van der Waals surface area contributed by atoms with Crippen molar-refractivity contribution in [2.75, 3.05) is 0 Å². The smallest absolute Gasteiger partial charge is 0.183 e. The van der Waals surface area contributed by atoms with Crippen molar-refractivity contribution in [3.05, 3.63) is 35.9 Å². The lowest BCUT2D eigenvalue weighted by atomic mass is 9.98. The fraction of sp³-hybridized carbons (Fsp3) is 0.708. The quantitative estimate of drug-likeness (QED) is 0.376. The Balaban J connectivity index is 2.66. The van der Waals surface area contributed by atoms with Crippen LogP contribution in [0.3, 0.4) is 0 Å². The number of carbonyl (C=O) groups excluding carboxylic acids is 1. The normalized spacial score (nSPS) is 22.0. The number of rotatable bonds is 8. The first-order chi connectivity index (χ1) is 13.3. The highest BCUT2D eigenvalue weighted by molar-refractivity contribution is 7.78. The van der Waals surface area contributed by atoms with Crippen LogP contribution in [-0.4, -0.2) is 41.7 Å². The molecule has 0 aliphatic heterocycles. The van der Waals surface area contributed by atoms with Crippen molar-refractivity contribution in [3.63, 3.8) is 0 Å². The number of carbonyl (C=O) groups is 1. The second-order valence-corrected chi connectivity index (χ2v) is 44.8. The minimum absolute atomic E-state index is 0.0140. The lowest BCUT2D eigenvalue weighted by Gasteiger charge is -2.57. The van der Waals surface area contributed by atoms with E-state index in [0.29, 0.717) is 11.3 Å². The van der Waals surface area contributed by atoms with Crippen LogP contribution in [0, 0.1) is 11.3 Å². The summed E-state index contributed by atoms with van der Waals surface area (Å²) in [5.41, 5.74) is 1.46. The van der Waals surface area contributed by atoms with Gasteiger partial charge in [0.15, 0.2) is 8.32 Å². The van der Waals surface area contributed by atoms with Gasteiger partial charge in [0.1, 0.15) is 12.5 Å². The van der Waals surface area contributed by atoms with Gasteiger partial charge in [0.05, 0.1) is 0 Å². The van der Waals surface area contributed by atoms with E-state index in [9.17, 15) is 4.79 Å². The first kappa shape index (κ1) is 26.0. The third-order valence-electron chi connectivity index (χ3n) is 6.76. The number of hydrogen-bond donors (Lipinski definition) is 0. The molecule has 0 spiro atoms. The maximum Gasteiger partial charge on any atom is 0.183 e. The van der Waals surface area contributed by atoms with Crippen molar-refractivity contribution in [1.82, 2.24) is 0 Å². The molecule has 0 amide bonds. The molecule has 2 rings (SSSR count). The Morgan fingerprint density at radius 2 is 1.37 bits per heavy atom. The van der Waals surface area contributed by atoms with Crippen LogP contribution >= 0.6 is 0 Å². The molecule has 170 valence electrons. The minimum atomic E-state index is -2.40. The van der Waals surface area contributed by atoms with Crippen molar-refractivity contribution in [2.24, 2.45) is 11.3 Å². The van der Waals surface area contributed by atoms with Gasteiger partial charge < -0.3 is 9.22 Å². The predicted octanol–water partition coefficient (Wildman–Crippen LogP) is 6.99. The molecule has 0 radical (unpaired) electrons. The van der Waals surface area contributed by atoms with Crippen LogP contribution in [-0.2, 0) is 9.22 Å². The van der Waals surface area contributed by atoms with E-state index in [2.05, 4.69) is 110 Å². The van der Waals surface area contributed by atoms with E-state index in [0.717, 1.165) is 6.42 Å². The van der Waals surface area contributed by atoms with Crippen molar-refractivity contribution in [2.45, 2.75) is 97.8 Å². The zero-order valence-electron chi connectivity index (χ0n) is 21.6. The maximum atomic E-state index is 14.7. The van der Waals surface area contributed by atoms with Gasteiger partial charge in [0.25, 0.3) is 0 Å². The summed E-state index contributed by atoms with van der Waals surface area (Å²) in [6.45, 7) is 28.8. The number of benzene rings is 1. The van der Waals surface area contributed by atoms with E-state index in [-0.39, 0.29) is 17.1 Å². The van der Waals surface area contributed by atoms with Crippen LogP contribution in [0.2, 0.25) is 58.9 Å². The van der Waals surface area contributed by atoms with E-state index >= 15 is 0 Å². The summed E-state index contributed by atoms with van der Waals surface area (Å²) in [6, 6.07) is 10.7. The summed E-state index contributed by atoms with van der Waals surface area (Å²) in [6.07, 6.45) is 1.04. The van der Waals surface area contributed by atoms with Crippen molar-refractivity contribution < 1.29 is 9.22 Å². The van der Waals surface area contributed by atoms with Gasteiger partial charge in [-0.3, -0.25) is 0 Å². The monoisotopic (exact) mass is 478 g/mol. The maximum absolute atomic E-state index is 14.7. The van der Waals surface area contributed by atoms with Gasteiger partial charge in [0.2, 0.25) is 0 Å².